The van der Waals surface area contributed by atoms with Crippen molar-refractivity contribution in [2.75, 3.05) is 45.8 Å². The molecule has 1 saturated carbocycles. The fourth-order valence-corrected chi connectivity index (χ4v) is 8.96. The molecule has 7 unspecified atom stereocenters. The highest BCUT2D eigenvalue weighted by atomic mass is 19.1. The van der Waals surface area contributed by atoms with Gasteiger partial charge in [0.05, 0.1) is 31.2 Å². The molecule has 5 rings (SSSR count). The van der Waals surface area contributed by atoms with Crippen LogP contribution in [0.1, 0.15) is 71.6 Å². The van der Waals surface area contributed by atoms with Crippen molar-refractivity contribution in [2.24, 2.45) is 34.1 Å². The zero-order valence-corrected chi connectivity index (χ0v) is 25.1. The summed E-state index contributed by atoms with van der Waals surface area (Å²) < 4.78 is 28.4. The number of fused-ring (bicyclic) bond motifs is 1. The Bertz CT molecular complexity index is 929. The fraction of sp³-hybridized carbons (Fsp3) is 0.933. The molecule has 1 aliphatic carbocycles. The van der Waals surface area contributed by atoms with Gasteiger partial charge < -0.3 is 32.3 Å². The van der Waals surface area contributed by atoms with E-state index in [0.717, 1.165) is 71.0 Å². The summed E-state index contributed by atoms with van der Waals surface area (Å²) in [5, 5.41) is 10.1. The summed E-state index contributed by atoms with van der Waals surface area (Å²) in [5.74, 6) is -0.792. The normalized spacial score (nSPS) is 38.0. The summed E-state index contributed by atoms with van der Waals surface area (Å²) in [6.07, 6.45) is 5.11. The van der Waals surface area contributed by atoms with Gasteiger partial charge in [-0.2, -0.15) is 0 Å². The molecule has 4 aliphatic heterocycles. The third kappa shape index (κ3) is 6.30. The minimum absolute atomic E-state index is 0.0190. The van der Waals surface area contributed by atoms with Gasteiger partial charge in [-0.3, -0.25) is 14.5 Å². The Balaban J connectivity index is 1.23. The highest BCUT2D eigenvalue weighted by molar-refractivity contribution is 5.81. The summed E-state index contributed by atoms with van der Waals surface area (Å²) in [6.45, 7) is 8.11. The van der Waals surface area contributed by atoms with Gasteiger partial charge in [0.2, 0.25) is 11.8 Å². The van der Waals surface area contributed by atoms with E-state index in [0.29, 0.717) is 13.0 Å². The summed E-state index contributed by atoms with van der Waals surface area (Å²) in [5.41, 5.74) is 12.6. The molecule has 0 aromatic heterocycles. The maximum Gasteiger partial charge on any atom is 0.227 e. The topological polar surface area (TPSA) is 129 Å². The number of hydrogen-bond donors (Lipinski definition) is 5. The van der Waals surface area contributed by atoms with Gasteiger partial charge in [-0.25, -0.2) is 8.78 Å². The number of hydrogen-bond acceptors (Lipinski definition) is 7. The van der Waals surface area contributed by atoms with Crippen LogP contribution in [0.3, 0.4) is 0 Å². The van der Waals surface area contributed by atoms with Crippen LogP contribution in [0.5, 0.6) is 0 Å². The van der Waals surface area contributed by atoms with Gasteiger partial charge in [0.25, 0.3) is 0 Å². The number of carbonyl (C=O) groups is 2. The number of carbonyl (C=O) groups excluding carboxylic acids is 2. The second-order valence-electron chi connectivity index (χ2n) is 13.8. The number of piperidine rings is 2. The number of likely N-dealkylation sites (tertiary alicyclic amines) is 2. The first-order valence-corrected chi connectivity index (χ1v) is 16.2. The van der Waals surface area contributed by atoms with Crippen LogP contribution in [0.4, 0.5) is 8.78 Å². The lowest BCUT2D eigenvalue weighted by Crippen LogP contribution is -2.65. The van der Waals surface area contributed by atoms with E-state index in [2.05, 4.69) is 34.7 Å². The number of rotatable bonds is 9. The molecule has 4 heterocycles. The molecule has 0 radical (unpaired) electrons. The third-order valence-corrected chi connectivity index (χ3v) is 11.3. The number of halogens is 2. The number of nitrogens with two attached hydrogens (primary N) is 2. The smallest absolute Gasteiger partial charge is 0.227 e. The van der Waals surface area contributed by atoms with Crippen molar-refractivity contribution in [3.8, 4) is 0 Å². The predicted molar refractivity (Wildman–Crippen MR) is 155 cm³/mol. The van der Waals surface area contributed by atoms with Gasteiger partial charge >= 0.3 is 0 Å². The molecule has 0 spiro atoms. The van der Waals surface area contributed by atoms with E-state index >= 15 is 4.39 Å². The van der Waals surface area contributed by atoms with Gasteiger partial charge in [-0.05, 0) is 81.8 Å². The van der Waals surface area contributed by atoms with Crippen molar-refractivity contribution in [2.45, 2.75) is 108 Å². The van der Waals surface area contributed by atoms with Crippen molar-refractivity contribution in [3.05, 3.63) is 0 Å². The van der Waals surface area contributed by atoms with Crippen molar-refractivity contribution in [3.63, 3.8) is 0 Å². The van der Waals surface area contributed by atoms with Gasteiger partial charge in [-0.15, -0.1) is 0 Å². The summed E-state index contributed by atoms with van der Waals surface area (Å²) in [7, 11) is 0. The molecule has 5 aliphatic rings. The Hall–Kier alpha value is -1.40. The first kappa shape index (κ1) is 31.0. The number of amides is 2. The fourth-order valence-electron chi connectivity index (χ4n) is 8.96. The van der Waals surface area contributed by atoms with Crippen LogP contribution in [0.2, 0.25) is 0 Å². The Morgan fingerprint density at radius 2 is 1.76 bits per heavy atom. The number of alkyl halides is 2. The quantitative estimate of drug-likeness (QED) is 0.260. The minimum atomic E-state index is -0.947. The van der Waals surface area contributed by atoms with Crippen LogP contribution >= 0.6 is 0 Å². The highest BCUT2D eigenvalue weighted by Gasteiger charge is 2.66. The Labute approximate surface area is 244 Å². The monoisotopic (exact) mass is 581 g/mol. The molecule has 5 fully saturated rings. The molecule has 2 amide bonds. The molecular formula is C30H53F2N7O2. The third-order valence-electron chi connectivity index (χ3n) is 11.3. The minimum Gasteiger partial charge on any atom is -0.350 e. The Morgan fingerprint density at radius 1 is 1.02 bits per heavy atom. The largest absolute Gasteiger partial charge is 0.350 e. The molecule has 11 heteroatoms. The number of nitrogens with zero attached hydrogens (tertiary/aromatic N) is 2. The molecule has 7 N–H and O–H groups in total. The Kier molecular flexibility index (Phi) is 9.60. The van der Waals surface area contributed by atoms with Crippen LogP contribution in [0, 0.1) is 22.7 Å². The van der Waals surface area contributed by atoms with Gasteiger partial charge in [0.1, 0.15) is 12.3 Å². The van der Waals surface area contributed by atoms with Crippen LogP contribution in [0.25, 0.3) is 0 Å². The molecule has 0 bridgehead atoms. The van der Waals surface area contributed by atoms with Crippen molar-refractivity contribution in [1.29, 1.82) is 0 Å². The average molecular weight is 582 g/mol. The summed E-state index contributed by atoms with van der Waals surface area (Å²) in [6, 6.07) is -0.252. The maximum absolute atomic E-state index is 15.1. The van der Waals surface area contributed by atoms with E-state index in [1.165, 1.54) is 0 Å². The molecular weight excluding hydrogens is 528 g/mol. The van der Waals surface area contributed by atoms with E-state index < -0.39 is 24.4 Å². The van der Waals surface area contributed by atoms with Crippen LogP contribution in [-0.4, -0.2) is 104 Å². The lowest BCUT2D eigenvalue weighted by atomic mass is 9.75. The molecule has 234 valence electrons. The van der Waals surface area contributed by atoms with Gasteiger partial charge in [-0.1, -0.05) is 20.3 Å². The standard InChI is InChI=1S/C30H53F2N7O2/c1-3-8-30-12-20(31)14-36-22(13-29(30,4-2)18-30)25(26(33)34)27(40)37-23-15-35-9-5-24(23)38-10-6-19(7-11-38)28(41)39-16-21(32)17-39/h19-26,35-36H,3-18,33-34H2,1-2H3,(H,37,40). The second-order valence-corrected chi connectivity index (χ2v) is 13.8. The first-order valence-electron chi connectivity index (χ1n) is 16.2. The van der Waals surface area contributed by atoms with Gasteiger partial charge in [0, 0.05) is 31.1 Å². The lowest BCUT2D eigenvalue weighted by Gasteiger charge is -2.45. The van der Waals surface area contributed by atoms with Crippen molar-refractivity contribution in [1.82, 2.24) is 25.8 Å². The van der Waals surface area contributed by atoms with E-state index in [9.17, 15) is 14.0 Å². The first-order chi connectivity index (χ1) is 19.6. The molecule has 41 heavy (non-hydrogen) atoms. The van der Waals surface area contributed by atoms with E-state index in [4.69, 9.17) is 11.5 Å². The van der Waals surface area contributed by atoms with E-state index in [1.54, 1.807) is 4.90 Å². The highest BCUT2D eigenvalue weighted by Crippen LogP contribution is 2.73. The van der Waals surface area contributed by atoms with Crippen molar-refractivity contribution < 1.29 is 18.4 Å². The molecule has 0 aromatic carbocycles. The van der Waals surface area contributed by atoms with Gasteiger partial charge in [0.15, 0.2) is 0 Å². The van der Waals surface area contributed by atoms with E-state index in [-0.39, 0.29) is 66.3 Å². The molecule has 0 aromatic rings. The lowest BCUT2D eigenvalue weighted by molar-refractivity contribution is -0.144. The zero-order valence-electron chi connectivity index (χ0n) is 25.1. The van der Waals surface area contributed by atoms with E-state index in [1.807, 2.05) is 0 Å². The summed E-state index contributed by atoms with van der Waals surface area (Å²) >= 11 is 0. The second kappa shape index (κ2) is 12.7. The zero-order chi connectivity index (χ0) is 29.4. The predicted octanol–water partition coefficient (Wildman–Crippen LogP) is 1.26. The Morgan fingerprint density at radius 3 is 2.39 bits per heavy atom. The van der Waals surface area contributed by atoms with Crippen molar-refractivity contribution >= 4 is 11.8 Å². The molecule has 7 atom stereocenters. The average Bonchev–Trinajstić information content (AvgIpc) is 3.53. The molecule has 9 nitrogen and oxygen atoms in total. The van der Waals surface area contributed by atoms with Crippen LogP contribution in [0.15, 0.2) is 0 Å². The van der Waals surface area contributed by atoms with Crippen LogP contribution < -0.4 is 27.4 Å². The molecule has 4 saturated heterocycles. The SMILES string of the molecule is CCCC12CC(F)CNC(C(C(=O)NC3CNCCC3N3CCC(C(=O)N4CC(F)C4)CC3)C(N)N)CC1(CC)C2. The van der Waals surface area contributed by atoms with Crippen LogP contribution in [-0.2, 0) is 9.59 Å². The summed E-state index contributed by atoms with van der Waals surface area (Å²) in [4.78, 5) is 30.7. The maximum atomic E-state index is 15.1. The number of nitrogens with one attached hydrogen (secondary N) is 3.